The minimum Gasteiger partial charge on any atom is -0.481 e. The lowest BCUT2D eigenvalue weighted by atomic mass is 10.1. The van der Waals surface area contributed by atoms with Gasteiger partial charge in [0.15, 0.2) is 0 Å². The van der Waals surface area contributed by atoms with Crippen LogP contribution in [0.1, 0.15) is 32.6 Å². The van der Waals surface area contributed by atoms with E-state index >= 15 is 0 Å². The predicted molar refractivity (Wildman–Crippen MR) is 72.1 cm³/mol. The van der Waals surface area contributed by atoms with E-state index in [9.17, 15) is 14.4 Å². The monoisotopic (exact) mass is 284 g/mol. The van der Waals surface area contributed by atoms with Crippen molar-refractivity contribution < 1.29 is 24.6 Å². The summed E-state index contributed by atoms with van der Waals surface area (Å²) >= 11 is 0. The SMILES string of the molecule is C#CCN(CCC)C(=O)N[C@H](CCCC(=O)O)C(=O)O. The van der Waals surface area contributed by atoms with Gasteiger partial charge >= 0.3 is 18.0 Å². The molecule has 0 aromatic heterocycles. The third-order valence-electron chi connectivity index (χ3n) is 2.54. The lowest BCUT2D eigenvalue weighted by Crippen LogP contribution is -2.48. The van der Waals surface area contributed by atoms with Gasteiger partial charge in [0.2, 0.25) is 0 Å². The number of nitrogens with one attached hydrogen (secondary N) is 1. The van der Waals surface area contributed by atoms with E-state index in [1.807, 2.05) is 6.92 Å². The second-order valence-electron chi connectivity index (χ2n) is 4.25. The van der Waals surface area contributed by atoms with Crippen molar-refractivity contribution in [1.82, 2.24) is 10.2 Å². The summed E-state index contributed by atoms with van der Waals surface area (Å²) in [6.45, 7) is 2.40. The largest absolute Gasteiger partial charge is 0.481 e. The van der Waals surface area contributed by atoms with Crippen molar-refractivity contribution in [3.05, 3.63) is 0 Å². The molecule has 7 nitrogen and oxygen atoms in total. The van der Waals surface area contributed by atoms with Gasteiger partial charge in [-0.05, 0) is 19.3 Å². The van der Waals surface area contributed by atoms with Gasteiger partial charge in [-0.2, -0.15) is 0 Å². The Bertz CT molecular complexity index is 389. The molecule has 1 atom stereocenters. The number of hydrogen-bond donors (Lipinski definition) is 3. The fourth-order valence-electron chi connectivity index (χ4n) is 1.59. The van der Waals surface area contributed by atoms with E-state index in [4.69, 9.17) is 16.6 Å². The van der Waals surface area contributed by atoms with Crippen LogP contribution in [0.5, 0.6) is 0 Å². The molecular formula is C13H20N2O5. The molecule has 0 saturated carbocycles. The molecule has 2 amide bonds. The number of carbonyl (C=O) groups excluding carboxylic acids is 1. The topological polar surface area (TPSA) is 107 Å². The molecule has 0 fully saturated rings. The summed E-state index contributed by atoms with van der Waals surface area (Å²) in [7, 11) is 0. The predicted octanol–water partition coefficient (Wildman–Crippen LogP) is 0.749. The highest BCUT2D eigenvalue weighted by Gasteiger charge is 2.22. The third-order valence-corrected chi connectivity index (χ3v) is 2.54. The minimum atomic E-state index is -1.19. The maximum Gasteiger partial charge on any atom is 0.326 e. The Hall–Kier alpha value is -2.23. The van der Waals surface area contributed by atoms with E-state index in [1.54, 1.807) is 0 Å². The van der Waals surface area contributed by atoms with Crippen molar-refractivity contribution in [2.75, 3.05) is 13.1 Å². The van der Waals surface area contributed by atoms with E-state index in [1.165, 1.54) is 4.90 Å². The molecule has 0 unspecified atom stereocenters. The maximum atomic E-state index is 11.9. The molecule has 0 saturated heterocycles. The summed E-state index contributed by atoms with van der Waals surface area (Å²) in [5.41, 5.74) is 0. The Kier molecular flexibility index (Phi) is 8.59. The molecule has 112 valence electrons. The summed E-state index contributed by atoms with van der Waals surface area (Å²) < 4.78 is 0. The molecule has 0 aromatic rings. The second kappa shape index (κ2) is 9.67. The second-order valence-corrected chi connectivity index (χ2v) is 4.25. The van der Waals surface area contributed by atoms with Crippen LogP contribution in [0.4, 0.5) is 4.79 Å². The summed E-state index contributed by atoms with van der Waals surface area (Å²) in [6.07, 6.45) is 5.95. The smallest absolute Gasteiger partial charge is 0.326 e. The van der Waals surface area contributed by atoms with Crippen molar-refractivity contribution in [3.63, 3.8) is 0 Å². The molecule has 0 aliphatic carbocycles. The number of carboxylic acid groups (broad SMARTS) is 2. The van der Waals surface area contributed by atoms with Gasteiger partial charge in [-0.15, -0.1) is 6.42 Å². The first-order chi connectivity index (χ1) is 9.42. The molecule has 20 heavy (non-hydrogen) atoms. The molecule has 0 rings (SSSR count). The minimum absolute atomic E-state index is 0.0589. The highest BCUT2D eigenvalue weighted by molar-refractivity contribution is 5.82. The first kappa shape index (κ1) is 17.8. The Morgan fingerprint density at radius 1 is 1.35 bits per heavy atom. The Morgan fingerprint density at radius 3 is 2.45 bits per heavy atom. The highest BCUT2D eigenvalue weighted by atomic mass is 16.4. The van der Waals surface area contributed by atoms with Crippen LogP contribution in [-0.4, -0.2) is 52.2 Å². The zero-order valence-electron chi connectivity index (χ0n) is 11.5. The average molecular weight is 284 g/mol. The maximum absolute atomic E-state index is 11.9. The fraction of sp³-hybridized carbons (Fsp3) is 0.615. The van der Waals surface area contributed by atoms with Gasteiger partial charge < -0.3 is 20.4 Å². The quantitative estimate of drug-likeness (QED) is 0.542. The lowest BCUT2D eigenvalue weighted by molar-refractivity contribution is -0.140. The van der Waals surface area contributed by atoms with Crippen LogP contribution in [0.25, 0.3) is 0 Å². The van der Waals surface area contributed by atoms with Crippen molar-refractivity contribution in [2.45, 2.75) is 38.6 Å². The van der Waals surface area contributed by atoms with E-state index < -0.39 is 24.0 Å². The summed E-state index contributed by atoms with van der Waals surface area (Å²) in [5.74, 6) is 0.141. The normalized spacial score (nSPS) is 11.2. The molecular weight excluding hydrogens is 264 g/mol. The van der Waals surface area contributed by atoms with E-state index in [0.717, 1.165) is 0 Å². The number of urea groups is 1. The van der Waals surface area contributed by atoms with Crippen LogP contribution in [0.3, 0.4) is 0 Å². The number of terminal acetylenes is 1. The molecule has 0 radical (unpaired) electrons. The summed E-state index contributed by atoms with van der Waals surface area (Å²) in [6, 6.07) is -1.66. The fourth-order valence-corrected chi connectivity index (χ4v) is 1.59. The van der Waals surface area contributed by atoms with Gasteiger partial charge in [-0.1, -0.05) is 12.8 Å². The van der Waals surface area contributed by atoms with E-state index in [2.05, 4.69) is 11.2 Å². The molecule has 3 N–H and O–H groups in total. The van der Waals surface area contributed by atoms with Gasteiger partial charge in [0.05, 0.1) is 6.54 Å². The summed E-state index contributed by atoms with van der Waals surface area (Å²) in [5, 5.41) is 19.9. The molecule has 0 heterocycles. The lowest BCUT2D eigenvalue weighted by Gasteiger charge is -2.22. The third kappa shape index (κ3) is 7.26. The van der Waals surface area contributed by atoms with Gasteiger partial charge in [0, 0.05) is 13.0 Å². The number of rotatable bonds is 9. The van der Waals surface area contributed by atoms with Crippen molar-refractivity contribution in [1.29, 1.82) is 0 Å². The standard InChI is InChI=1S/C13H20N2O5/c1-3-8-15(9-4-2)13(20)14-10(12(18)19)6-5-7-11(16)17/h1,10H,4-9H2,2H3,(H,14,20)(H,16,17)(H,18,19)/t10-/m1/s1. The molecule has 7 heteroatoms. The molecule has 0 aromatic carbocycles. The van der Waals surface area contributed by atoms with Crippen molar-refractivity contribution in [2.24, 2.45) is 0 Å². The van der Waals surface area contributed by atoms with Gasteiger partial charge in [-0.25, -0.2) is 9.59 Å². The summed E-state index contributed by atoms with van der Waals surface area (Å²) in [4.78, 5) is 34.6. The van der Waals surface area contributed by atoms with Gasteiger partial charge in [-0.3, -0.25) is 4.79 Å². The first-order valence-electron chi connectivity index (χ1n) is 6.35. The highest BCUT2D eigenvalue weighted by Crippen LogP contribution is 2.03. The number of carbonyl (C=O) groups is 3. The number of nitrogens with zero attached hydrogens (tertiary/aromatic N) is 1. The average Bonchev–Trinajstić information content (AvgIpc) is 2.36. The molecule has 0 bridgehead atoms. The van der Waals surface area contributed by atoms with Gasteiger partial charge in [0.1, 0.15) is 6.04 Å². The molecule has 0 spiro atoms. The van der Waals surface area contributed by atoms with Crippen LogP contribution < -0.4 is 5.32 Å². The van der Waals surface area contributed by atoms with E-state index in [-0.39, 0.29) is 25.8 Å². The van der Waals surface area contributed by atoms with Gasteiger partial charge in [0.25, 0.3) is 0 Å². The van der Waals surface area contributed by atoms with Crippen LogP contribution in [0.15, 0.2) is 0 Å². The number of carboxylic acids is 2. The van der Waals surface area contributed by atoms with Crippen molar-refractivity contribution in [3.8, 4) is 12.3 Å². The number of aliphatic carboxylic acids is 2. The van der Waals surface area contributed by atoms with Crippen LogP contribution in [0, 0.1) is 12.3 Å². The van der Waals surface area contributed by atoms with Crippen LogP contribution >= 0.6 is 0 Å². The Morgan fingerprint density at radius 2 is 2.00 bits per heavy atom. The Balaban J connectivity index is 4.48. The first-order valence-corrected chi connectivity index (χ1v) is 6.35. The number of amides is 2. The Labute approximate surface area is 118 Å². The van der Waals surface area contributed by atoms with Crippen LogP contribution in [-0.2, 0) is 9.59 Å². The number of hydrogen-bond acceptors (Lipinski definition) is 3. The molecule has 0 aliphatic rings. The zero-order chi connectivity index (χ0) is 15.5. The van der Waals surface area contributed by atoms with Crippen LogP contribution in [0.2, 0.25) is 0 Å². The molecule has 0 aliphatic heterocycles. The van der Waals surface area contributed by atoms with Crippen molar-refractivity contribution >= 4 is 18.0 Å². The van der Waals surface area contributed by atoms with E-state index in [0.29, 0.717) is 13.0 Å². The zero-order valence-corrected chi connectivity index (χ0v) is 11.5.